The molecule has 0 spiro atoms. The Morgan fingerprint density at radius 2 is 1.73 bits per heavy atom. The highest BCUT2D eigenvalue weighted by Gasteiger charge is 2.31. The van der Waals surface area contributed by atoms with Gasteiger partial charge in [-0.1, -0.05) is 48.0 Å². The third-order valence-electron chi connectivity index (χ3n) is 4.48. The van der Waals surface area contributed by atoms with Crippen LogP contribution in [-0.4, -0.2) is 43.1 Å². The number of benzene rings is 2. The third-order valence-corrected chi connectivity index (χ3v) is 4.48. The summed E-state index contributed by atoms with van der Waals surface area (Å²) < 4.78 is 11.0. The fraction of sp³-hybridized carbons (Fsp3) is 0.333. The van der Waals surface area contributed by atoms with Gasteiger partial charge < -0.3 is 14.4 Å². The normalized spacial score (nSPS) is 15.4. The number of carbonyl (C=O) groups is 2. The summed E-state index contributed by atoms with van der Waals surface area (Å²) in [4.78, 5) is 27.4. The van der Waals surface area contributed by atoms with Gasteiger partial charge in [-0.05, 0) is 25.5 Å². The van der Waals surface area contributed by atoms with Gasteiger partial charge in [0.25, 0.3) is 5.91 Å². The van der Waals surface area contributed by atoms with Crippen molar-refractivity contribution in [1.29, 1.82) is 0 Å². The summed E-state index contributed by atoms with van der Waals surface area (Å²) in [6, 6.07) is 14.7. The standard InChI is InChI=1S/C21H23NO4/c1-15-8-9-18(16(2)14-15)21(24)26-19(17-6-4-3-5-7-17)20(23)22-10-12-25-13-11-22/h3-9,14,19H,10-13H2,1-2H3/t19-/m0/s1. The van der Waals surface area contributed by atoms with Crippen LogP contribution >= 0.6 is 0 Å². The Balaban J connectivity index is 1.85. The summed E-state index contributed by atoms with van der Waals surface area (Å²) in [7, 11) is 0. The second-order valence-corrected chi connectivity index (χ2v) is 6.45. The maximum Gasteiger partial charge on any atom is 0.339 e. The molecule has 1 amide bonds. The van der Waals surface area contributed by atoms with Gasteiger partial charge in [0.2, 0.25) is 6.10 Å². The number of amides is 1. The number of nitrogens with zero attached hydrogens (tertiary/aromatic N) is 1. The predicted octanol–water partition coefficient (Wildman–Crippen LogP) is 3.06. The number of esters is 1. The molecular weight excluding hydrogens is 330 g/mol. The van der Waals surface area contributed by atoms with E-state index in [1.54, 1.807) is 23.1 Å². The minimum atomic E-state index is -0.956. The molecule has 2 aromatic rings. The Bertz CT molecular complexity index is 782. The van der Waals surface area contributed by atoms with Crippen LogP contribution in [0.4, 0.5) is 0 Å². The first-order valence-corrected chi connectivity index (χ1v) is 8.76. The molecule has 1 fully saturated rings. The lowest BCUT2D eigenvalue weighted by Gasteiger charge is -2.30. The zero-order valence-corrected chi connectivity index (χ0v) is 15.1. The quantitative estimate of drug-likeness (QED) is 0.793. The maximum absolute atomic E-state index is 13.0. The van der Waals surface area contributed by atoms with Gasteiger partial charge in [-0.25, -0.2) is 4.79 Å². The van der Waals surface area contributed by atoms with Crippen LogP contribution in [0, 0.1) is 13.8 Å². The monoisotopic (exact) mass is 353 g/mol. The molecule has 0 radical (unpaired) electrons. The molecule has 5 heteroatoms. The molecule has 3 rings (SSSR count). The van der Waals surface area contributed by atoms with Gasteiger partial charge in [0, 0.05) is 18.7 Å². The van der Waals surface area contributed by atoms with E-state index >= 15 is 0 Å². The first kappa shape index (κ1) is 18.1. The van der Waals surface area contributed by atoms with Crippen LogP contribution in [0.25, 0.3) is 0 Å². The van der Waals surface area contributed by atoms with Crippen LogP contribution in [0.1, 0.15) is 33.2 Å². The van der Waals surface area contributed by atoms with Gasteiger partial charge in [-0.2, -0.15) is 0 Å². The van der Waals surface area contributed by atoms with Crippen molar-refractivity contribution in [3.63, 3.8) is 0 Å². The summed E-state index contributed by atoms with van der Waals surface area (Å²) in [6.07, 6.45) is -0.956. The molecule has 2 aromatic carbocycles. The van der Waals surface area contributed by atoms with Crippen LogP contribution in [0.15, 0.2) is 48.5 Å². The molecule has 1 atom stereocenters. The van der Waals surface area contributed by atoms with Crippen LogP contribution < -0.4 is 0 Å². The van der Waals surface area contributed by atoms with Crippen LogP contribution in [0.5, 0.6) is 0 Å². The predicted molar refractivity (Wildman–Crippen MR) is 97.9 cm³/mol. The van der Waals surface area contributed by atoms with E-state index in [0.29, 0.717) is 37.4 Å². The lowest BCUT2D eigenvalue weighted by molar-refractivity contribution is -0.145. The molecule has 0 aromatic heterocycles. The largest absolute Gasteiger partial charge is 0.444 e. The van der Waals surface area contributed by atoms with Crippen molar-refractivity contribution in [3.8, 4) is 0 Å². The maximum atomic E-state index is 13.0. The number of morpholine rings is 1. The molecule has 5 nitrogen and oxygen atoms in total. The SMILES string of the molecule is Cc1ccc(C(=O)O[C@H](C(=O)N2CCOCC2)c2ccccc2)c(C)c1. The van der Waals surface area contributed by atoms with Crippen molar-refractivity contribution in [3.05, 3.63) is 70.8 Å². The smallest absolute Gasteiger partial charge is 0.339 e. The zero-order valence-electron chi connectivity index (χ0n) is 15.1. The number of rotatable bonds is 4. The number of hydrogen-bond donors (Lipinski definition) is 0. The average molecular weight is 353 g/mol. The highest BCUT2D eigenvalue weighted by molar-refractivity contribution is 5.94. The van der Waals surface area contributed by atoms with E-state index in [9.17, 15) is 9.59 Å². The molecular formula is C21H23NO4. The van der Waals surface area contributed by atoms with Crippen molar-refractivity contribution < 1.29 is 19.1 Å². The molecule has 1 heterocycles. The van der Waals surface area contributed by atoms with Crippen molar-refractivity contribution in [2.45, 2.75) is 20.0 Å². The first-order chi connectivity index (χ1) is 12.6. The van der Waals surface area contributed by atoms with Gasteiger partial charge in [0.05, 0.1) is 18.8 Å². The van der Waals surface area contributed by atoms with Crippen molar-refractivity contribution >= 4 is 11.9 Å². The Hall–Kier alpha value is -2.66. The topological polar surface area (TPSA) is 55.8 Å². The first-order valence-electron chi connectivity index (χ1n) is 8.76. The second-order valence-electron chi connectivity index (χ2n) is 6.45. The third kappa shape index (κ3) is 4.11. The van der Waals surface area contributed by atoms with Crippen molar-refractivity contribution in [2.75, 3.05) is 26.3 Å². The Labute approximate surface area is 153 Å². The highest BCUT2D eigenvalue weighted by atomic mass is 16.5. The lowest BCUT2D eigenvalue weighted by atomic mass is 10.1. The number of carbonyl (C=O) groups excluding carboxylic acids is 2. The highest BCUT2D eigenvalue weighted by Crippen LogP contribution is 2.23. The minimum absolute atomic E-state index is 0.211. The average Bonchev–Trinajstić information content (AvgIpc) is 2.67. The van der Waals surface area contributed by atoms with E-state index in [2.05, 4.69) is 0 Å². The molecule has 26 heavy (non-hydrogen) atoms. The summed E-state index contributed by atoms with van der Waals surface area (Å²) >= 11 is 0. The van der Waals surface area contributed by atoms with E-state index in [4.69, 9.17) is 9.47 Å². The number of ether oxygens (including phenoxy) is 2. The Morgan fingerprint density at radius 1 is 1.04 bits per heavy atom. The van der Waals surface area contributed by atoms with E-state index < -0.39 is 12.1 Å². The van der Waals surface area contributed by atoms with Crippen LogP contribution in [-0.2, 0) is 14.3 Å². The molecule has 0 N–H and O–H groups in total. The fourth-order valence-corrected chi connectivity index (χ4v) is 3.05. The molecule has 136 valence electrons. The zero-order chi connectivity index (χ0) is 18.5. The van der Waals surface area contributed by atoms with Gasteiger partial charge in [0.1, 0.15) is 0 Å². The summed E-state index contributed by atoms with van der Waals surface area (Å²) in [6.45, 7) is 5.84. The van der Waals surface area contributed by atoms with Crippen LogP contribution in [0.3, 0.4) is 0 Å². The van der Waals surface area contributed by atoms with Gasteiger partial charge >= 0.3 is 5.97 Å². The molecule has 1 saturated heterocycles. The van der Waals surface area contributed by atoms with Crippen molar-refractivity contribution in [1.82, 2.24) is 4.90 Å². The molecule has 0 saturated carbocycles. The second kappa shape index (κ2) is 8.15. The van der Waals surface area contributed by atoms with Crippen LogP contribution in [0.2, 0.25) is 0 Å². The number of aryl methyl sites for hydroxylation is 2. The van der Waals surface area contributed by atoms with E-state index in [-0.39, 0.29) is 5.91 Å². The minimum Gasteiger partial charge on any atom is -0.444 e. The summed E-state index contributed by atoms with van der Waals surface area (Å²) in [5.41, 5.74) is 3.05. The van der Waals surface area contributed by atoms with E-state index in [0.717, 1.165) is 11.1 Å². The van der Waals surface area contributed by atoms with Gasteiger partial charge in [-0.15, -0.1) is 0 Å². The molecule has 0 aliphatic carbocycles. The Kier molecular flexibility index (Phi) is 5.68. The fourth-order valence-electron chi connectivity index (χ4n) is 3.05. The molecule has 1 aliphatic rings. The lowest BCUT2D eigenvalue weighted by Crippen LogP contribution is -2.44. The van der Waals surface area contributed by atoms with Gasteiger partial charge in [0.15, 0.2) is 0 Å². The number of hydrogen-bond acceptors (Lipinski definition) is 4. The Morgan fingerprint density at radius 3 is 2.38 bits per heavy atom. The molecule has 0 unspecified atom stereocenters. The van der Waals surface area contributed by atoms with E-state index in [1.807, 2.05) is 44.2 Å². The van der Waals surface area contributed by atoms with Crippen molar-refractivity contribution in [2.24, 2.45) is 0 Å². The summed E-state index contributed by atoms with van der Waals surface area (Å²) in [5.74, 6) is -0.699. The van der Waals surface area contributed by atoms with Gasteiger partial charge in [-0.3, -0.25) is 4.79 Å². The van der Waals surface area contributed by atoms with E-state index in [1.165, 1.54) is 0 Å². The summed E-state index contributed by atoms with van der Waals surface area (Å²) in [5, 5.41) is 0. The molecule has 0 bridgehead atoms. The molecule has 1 aliphatic heterocycles.